The van der Waals surface area contributed by atoms with E-state index >= 15 is 0 Å². The molecule has 0 atom stereocenters. The molecule has 1 aromatic rings. The van der Waals surface area contributed by atoms with Crippen LogP contribution in [0, 0.1) is 0 Å². The molecule has 0 aliphatic heterocycles. The van der Waals surface area contributed by atoms with Gasteiger partial charge in [0.25, 0.3) is 0 Å². The highest BCUT2D eigenvalue weighted by molar-refractivity contribution is 5.94. The van der Waals surface area contributed by atoms with Crippen LogP contribution in [0.1, 0.15) is 20.3 Å². The highest BCUT2D eigenvalue weighted by atomic mass is 16.5. The Bertz CT molecular complexity index is 475. The number of ether oxygens (including phenoxy) is 2. The fraction of sp³-hybridized carbons (Fsp3) is 0.562. The Kier molecular flexibility index (Phi) is 8.14. The second-order valence-electron chi connectivity index (χ2n) is 5.07. The third kappa shape index (κ3) is 6.67. The largest absolute Gasteiger partial charge is 0.494 e. The number of anilines is 1. The zero-order valence-electron chi connectivity index (χ0n) is 14.1. The van der Waals surface area contributed by atoms with E-state index in [9.17, 15) is 0 Å². The highest BCUT2D eigenvalue weighted by Crippen LogP contribution is 2.29. The zero-order valence-corrected chi connectivity index (χ0v) is 14.1. The Labute approximate surface area is 133 Å². The van der Waals surface area contributed by atoms with Crippen LogP contribution in [0.3, 0.4) is 0 Å². The maximum atomic E-state index is 5.94. The van der Waals surface area contributed by atoms with Crippen LogP contribution < -0.4 is 20.5 Å². The number of benzene rings is 1. The molecular formula is C16H28N4O2. The predicted molar refractivity (Wildman–Crippen MR) is 92.1 cm³/mol. The van der Waals surface area contributed by atoms with E-state index in [1.807, 2.05) is 46.1 Å². The monoisotopic (exact) mass is 308 g/mol. The van der Waals surface area contributed by atoms with Crippen molar-refractivity contribution in [3.8, 4) is 11.5 Å². The molecule has 0 fully saturated rings. The van der Waals surface area contributed by atoms with Crippen LogP contribution in [0.2, 0.25) is 0 Å². The van der Waals surface area contributed by atoms with Gasteiger partial charge >= 0.3 is 0 Å². The normalized spacial score (nSPS) is 11.6. The Balaban J connectivity index is 2.71. The minimum atomic E-state index is 0.383. The summed E-state index contributed by atoms with van der Waals surface area (Å²) in [5.41, 5.74) is 6.71. The summed E-state index contributed by atoms with van der Waals surface area (Å²) in [5, 5.41) is 3.09. The fourth-order valence-corrected chi connectivity index (χ4v) is 1.91. The summed E-state index contributed by atoms with van der Waals surface area (Å²) in [6.07, 6.45) is 0.965. The SMILES string of the molecule is CCOc1ccc(OCC)c(NC(N)=NCCCN(C)C)c1. The van der Waals surface area contributed by atoms with Crippen molar-refractivity contribution in [1.82, 2.24) is 4.90 Å². The first-order chi connectivity index (χ1) is 10.6. The predicted octanol–water partition coefficient (Wildman–Crippen LogP) is 2.16. The molecule has 0 heterocycles. The Morgan fingerprint density at radius 3 is 2.59 bits per heavy atom. The number of aliphatic imine (C=N–C) groups is 1. The van der Waals surface area contributed by atoms with Crippen molar-refractivity contribution < 1.29 is 9.47 Å². The Morgan fingerprint density at radius 1 is 1.23 bits per heavy atom. The number of nitrogens with one attached hydrogen (secondary N) is 1. The number of hydrogen-bond donors (Lipinski definition) is 2. The fourth-order valence-electron chi connectivity index (χ4n) is 1.91. The molecule has 0 saturated heterocycles. The molecule has 0 unspecified atom stereocenters. The number of nitrogens with zero attached hydrogens (tertiary/aromatic N) is 2. The van der Waals surface area contributed by atoms with Crippen molar-refractivity contribution in [3.63, 3.8) is 0 Å². The maximum Gasteiger partial charge on any atom is 0.193 e. The van der Waals surface area contributed by atoms with Gasteiger partial charge in [0.15, 0.2) is 5.96 Å². The topological polar surface area (TPSA) is 72.1 Å². The van der Waals surface area contributed by atoms with Gasteiger partial charge in [-0.05, 0) is 53.0 Å². The van der Waals surface area contributed by atoms with E-state index in [0.29, 0.717) is 25.7 Å². The van der Waals surface area contributed by atoms with Gasteiger partial charge in [0.05, 0.1) is 18.9 Å². The van der Waals surface area contributed by atoms with E-state index in [1.165, 1.54) is 0 Å². The van der Waals surface area contributed by atoms with E-state index in [0.717, 1.165) is 30.2 Å². The Morgan fingerprint density at radius 2 is 1.95 bits per heavy atom. The molecule has 0 aromatic heterocycles. The molecule has 22 heavy (non-hydrogen) atoms. The molecule has 0 radical (unpaired) electrons. The second kappa shape index (κ2) is 9.89. The summed E-state index contributed by atoms with van der Waals surface area (Å²) in [7, 11) is 4.08. The molecule has 0 bridgehead atoms. The number of hydrogen-bond acceptors (Lipinski definition) is 4. The molecule has 6 nitrogen and oxygen atoms in total. The molecule has 0 aliphatic carbocycles. The van der Waals surface area contributed by atoms with E-state index in [1.54, 1.807) is 0 Å². The molecule has 1 aromatic carbocycles. The van der Waals surface area contributed by atoms with E-state index in [4.69, 9.17) is 15.2 Å². The lowest BCUT2D eigenvalue weighted by molar-refractivity contribution is 0.332. The summed E-state index contributed by atoms with van der Waals surface area (Å²) in [4.78, 5) is 6.45. The van der Waals surface area contributed by atoms with Gasteiger partial charge in [-0.2, -0.15) is 0 Å². The van der Waals surface area contributed by atoms with Crippen LogP contribution in [-0.4, -0.2) is 51.3 Å². The standard InChI is InChI=1S/C16H28N4O2/c1-5-21-13-8-9-15(22-6-2)14(12-13)19-16(17)18-10-7-11-20(3)4/h8-9,12H,5-7,10-11H2,1-4H3,(H3,17,18,19). The van der Waals surface area contributed by atoms with E-state index < -0.39 is 0 Å². The zero-order chi connectivity index (χ0) is 16.4. The first-order valence-corrected chi connectivity index (χ1v) is 7.68. The molecule has 6 heteroatoms. The van der Waals surface area contributed by atoms with Crippen LogP contribution in [-0.2, 0) is 0 Å². The summed E-state index contributed by atoms with van der Waals surface area (Å²) in [5.74, 6) is 1.89. The Hall–Kier alpha value is -1.95. The number of nitrogens with two attached hydrogens (primary N) is 1. The van der Waals surface area contributed by atoms with Gasteiger partial charge in [0.2, 0.25) is 0 Å². The van der Waals surface area contributed by atoms with Crippen molar-refractivity contribution in [2.75, 3.05) is 45.7 Å². The number of guanidine groups is 1. The molecule has 3 N–H and O–H groups in total. The van der Waals surface area contributed by atoms with Gasteiger partial charge < -0.3 is 25.4 Å². The summed E-state index contributed by atoms with van der Waals surface area (Å²) < 4.78 is 11.1. The number of rotatable bonds is 9. The first kappa shape index (κ1) is 18.1. The van der Waals surface area contributed by atoms with Crippen molar-refractivity contribution in [2.45, 2.75) is 20.3 Å². The smallest absolute Gasteiger partial charge is 0.193 e. The lowest BCUT2D eigenvalue weighted by Crippen LogP contribution is -2.24. The van der Waals surface area contributed by atoms with Gasteiger partial charge in [-0.25, -0.2) is 0 Å². The average Bonchev–Trinajstić information content (AvgIpc) is 2.46. The third-order valence-electron chi connectivity index (χ3n) is 2.87. The quantitative estimate of drug-likeness (QED) is 0.415. The lowest BCUT2D eigenvalue weighted by atomic mass is 10.2. The summed E-state index contributed by atoms with van der Waals surface area (Å²) in [6, 6.07) is 5.62. The second-order valence-corrected chi connectivity index (χ2v) is 5.07. The maximum absolute atomic E-state index is 5.94. The minimum Gasteiger partial charge on any atom is -0.494 e. The highest BCUT2D eigenvalue weighted by Gasteiger charge is 2.07. The van der Waals surface area contributed by atoms with Gasteiger partial charge in [-0.3, -0.25) is 4.99 Å². The van der Waals surface area contributed by atoms with E-state index in [2.05, 4.69) is 15.2 Å². The van der Waals surface area contributed by atoms with Crippen LogP contribution >= 0.6 is 0 Å². The van der Waals surface area contributed by atoms with Crippen molar-refractivity contribution in [1.29, 1.82) is 0 Å². The first-order valence-electron chi connectivity index (χ1n) is 7.68. The van der Waals surface area contributed by atoms with Crippen molar-refractivity contribution >= 4 is 11.6 Å². The molecule has 0 spiro atoms. The summed E-state index contributed by atoms with van der Waals surface area (Å²) in [6.45, 7) is 6.76. The van der Waals surface area contributed by atoms with Gasteiger partial charge in [0.1, 0.15) is 11.5 Å². The van der Waals surface area contributed by atoms with Crippen molar-refractivity contribution in [2.24, 2.45) is 10.7 Å². The van der Waals surface area contributed by atoms with Gasteiger partial charge in [0, 0.05) is 12.6 Å². The van der Waals surface area contributed by atoms with Gasteiger partial charge in [-0.1, -0.05) is 0 Å². The minimum absolute atomic E-state index is 0.383. The molecule has 0 amide bonds. The van der Waals surface area contributed by atoms with Crippen LogP contribution in [0.25, 0.3) is 0 Å². The molecule has 124 valence electrons. The van der Waals surface area contributed by atoms with Crippen LogP contribution in [0.15, 0.2) is 23.2 Å². The van der Waals surface area contributed by atoms with E-state index in [-0.39, 0.29) is 0 Å². The summed E-state index contributed by atoms with van der Waals surface area (Å²) >= 11 is 0. The molecule has 0 saturated carbocycles. The molecule has 1 rings (SSSR count). The third-order valence-corrected chi connectivity index (χ3v) is 2.87. The van der Waals surface area contributed by atoms with Gasteiger partial charge in [-0.15, -0.1) is 0 Å². The van der Waals surface area contributed by atoms with Crippen LogP contribution in [0.4, 0.5) is 5.69 Å². The van der Waals surface area contributed by atoms with Crippen molar-refractivity contribution in [3.05, 3.63) is 18.2 Å². The van der Waals surface area contributed by atoms with Crippen LogP contribution in [0.5, 0.6) is 11.5 Å². The molecular weight excluding hydrogens is 280 g/mol. The molecule has 0 aliphatic rings. The average molecular weight is 308 g/mol. The lowest BCUT2D eigenvalue weighted by Gasteiger charge is -2.14.